The van der Waals surface area contributed by atoms with Gasteiger partial charge in [-0.1, -0.05) is 6.07 Å². The van der Waals surface area contributed by atoms with Crippen LogP contribution in [0.2, 0.25) is 0 Å². The zero-order valence-electron chi connectivity index (χ0n) is 12.8. The number of benzene rings is 2. The Hall–Kier alpha value is -2.42. The fourth-order valence-electron chi connectivity index (χ4n) is 1.75. The summed E-state index contributed by atoms with van der Waals surface area (Å²) < 4.78 is 6.20. The van der Waals surface area contributed by atoms with Gasteiger partial charge in [-0.25, -0.2) is 10.2 Å². The molecule has 1 amide bonds. The van der Waals surface area contributed by atoms with Crippen LogP contribution in [0.3, 0.4) is 0 Å². The van der Waals surface area contributed by atoms with Crippen LogP contribution in [0.5, 0.6) is 5.75 Å². The van der Waals surface area contributed by atoms with Crippen molar-refractivity contribution in [2.45, 2.75) is 13.0 Å². The van der Waals surface area contributed by atoms with Crippen molar-refractivity contribution in [3.05, 3.63) is 63.2 Å². The first kappa shape index (κ1) is 17.9. The highest BCUT2D eigenvalue weighted by Crippen LogP contribution is 2.13. The van der Waals surface area contributed by atoms with Crippen LogP contribution in [-0.4, -0.2) is 29.3 Å². The van der Waals surface area contributed by atoms with Crippen molar-refractivity contribution in [1.29, 1.82) is 0 Å². The number of nitrogens with zero attached hydrogens (tertiary/aromatic N) is 1. The molecule has 24 heavy (non-hydrogen) atoms. The maximum absolute atomic E-state index is 11.9. The average molecular weight is 438 g/mol. The Morgan fingerprint density at radius 2 is 1.96 bits per heavy atom. The van der Waals surface area contributed by atoms with Crippen LogP contribution in [0.25, 0.3) is 0 Å². The standard InChI is InChI=1S/C17H15IN2O4/c1-11(17(22)23)24-15-7-5-12(6-8-15)10-19-20-16(21)13-3-2-4-14(18)9-13/h2-11H,1H3,(H,20,21)(H,22,23)/b19-10-/t11-/m0/s1. The molecule has 0 saturated heterocycles. The number of carbonyl (C=O) groups is 2. The monoisotopic (exact) mass is 438 g/mol. The van der Waals surface area contributed by atoms with Gasteiger partial charge in [0.15, 0.2) is 6.10 Å². The quantitative estimate of drug-likeness (QED) is 0.413. The van der Waals surface area contributed by atoms with Crippen LogP contribution in [0, 0.1) is 3.57 Å². The van der Waals surface area contributed by atoms with Gasteiger partial charge < -0.3 is 9.84 Å². The summed E-state index contributed by atoms with van der Waals surface area (Å²) in [6.07, 6.45) is 0.577. The molecule has 0 aliphatic heterocycles. The van der Waals surface area contributed by atoms with E-state index in [0.717, 1.165) is 9.13 Å². The van der Waals surface area contributed by atoms with E-state index < -0.39 is 12.1 Å². The highest BCUT2D eigenvalue weighted by molar-refractivity contribution is 14.1. The zero-order valence-corrected chi connectivity index (χ0v) is 14.9. The average Bonchev–Trinajstić information content (AvgIpc) is 2.56. The Balaban J connectivity index is 1.92. The van der Waals surface area contributed by atoms with Crippen molar-refractivity contribution in [1.82, 2.24) is 5.43 Å². The molecule has 124 valence electrons. The largest absolute Gasteiger partial charge is 0.479 e. The van der Waals surface area contributed by atoms with E-state index in [4.69, 9.17) is 9.84 Å². The molecule has 2 N–H and O–H groups in total. The first-order valence-corrected chi connectivity index (χ1v) is 8.12. The Bertz CT molecular complexity index is 759. The second-order valence-electron chi connectivity index (χ2n) is 4.88. The summed E-state index contributed by atoms with van der Waals surface area (Å²) in [5.74, 6) is -0.871. The zero-order chi connectivity index (χ0) is 17.5. The van der Waals surface area contributed by atoms with E-state index in [-0.39, 0.29) is 5.91 Å². The second-order valence-corrected chi connectivity index (χ2v) is 6.12. The van der Waals surface area contributed by atoms with Crippen molar-refractivity contribution >= 4 is 40.7 Å². The fourth-order valence-corrected chi connectivity index (χ4v) is 2.29. The third kappa shape index (κ3) is 5.34. The summed E-state index contributed by atoms with van der Waals surface area (Å²) in [6.45, 7) is 1.46. The van der Waals surface area contributed by atoms with E-state index in [1.165, 1.54) is 13.1 Å². The van der Waals surface area contributed by atoms with Crippen molar-refractivity contribution in [2.75, 3.05) is 0 Å². The second kappa shape index (κ2) is 8.44. The molecule has 0 heterocycles. The summed E-state index contributed by atoms with van der Waals surface area (Å²) in [6, 6.07) is 13.9. The SMILES string of the molecule is C[C@H](Oc1ccc(/C=N\NC(=O)c2cccc(I)c2)cc1)C(=O)O. The molecule has 0 unspecified atom stereocenters. The molecule has 0 aromatic heterocycles. The molecule has 2 aromatic rings. The molecule has 0 aliphatic rings. The molecule has 2 rings (SSSR count). The van der Waals surface area contributed by atoms with Gasteiger partial charge >= 0.3 is 5.97 Å². The van der Waals surface area contributed by atoms with Gasteiger partial charge in [-0.15, -0.1) is 0 Å². The third-order valence-corrected chi connectivity index (χ3v) is 3.68. The summed E-state index contributed by atoms with van der Waals surface area (Å²) >= 11 is 2.13. The van der Waals surface area contributed by atoms with Gasteiger partial charge in [-0.3, -0.25) is 4.79 Å². The van der Waals surface area contributed by atoms with Crippen molar-refractivity contribution in [3.8, 4) is 5.75 Å². The van der Waals surface area contributed by atoms with E-state index in [1.807, 2.05) is 6.07 Å². The summed E-state index contributed by atoms with van der Waals surface area (Å²) in [7, 11) is 0. The smallest absolute Gasteiger partial charge is 0.344 e. The molecule has 0 aliphatic carbocycles. The summed E-state index contributed by atoms with van der Waals surface area (Å²) in [5.41, 5.74) is 3.73. The predicted octanol–water partition coefficient (Wildman–Crippen LogP) is 2.91. The molecule has 0 radical (unpaired) electrons. The minimum Gasteiger partial charge on any atom is -0.479 e. The third-order valence-electron chi connectivity index (χ3n) is 3.01. The van der Waals surface area contributed by atoms with E-state index in [1.54, 1.807) is 42.5 Å². The van der Waals surface area contributed by atoms with E-state index in [9.17, 15) is 9.59 Å². The molecular formula is C17H15IN2O4. The highest BCUT2D eigenvalue weighted by Gasteiger charge is 2.11. The number of nitrogens with one attached hydrogen (secondary N) is 1. The van der Waals surface area contributed by atoms with Gasteiger partial charge in [-0.2, -0.15) is 5.10 Å². The van der Waals surface area contributed by atoms with E-state index in [2.05, 4.69) is 33.1 Å². The first-order valence-electron chi connectivity index (χ1n) is 7.04. The van der Waals surface area contributed by atoms with Crippen LogP contribution in [0.1, 0.15) is 22.8 Å². The number of carboxylic acid groups (broad SMARTS) is 1. The van der Waals surface area contributed by atoms with E-state index >= 15 is 0 Å². The molecule has 6 nitrogen and oxygen atoms in total. The number of ether oxygens (including phenoxy) is 1. The maximum atomic E-state index is 11.9. The van der Waals surface area contributed by atoms with Crippen molar-refractivity contribution < 1.29 is 19.4 Å². The Morgan fingerprint density at radius 3 is 2.58 bits per heavy atom. The number of aliphatic carboxylic acids is 1. The number of amides is 1. The lowest BCUT2D eigenvalue weighted by atomic mass is 10.2. The van der Waals surface area contributed by atoms with Crippen LogP contribution in [-0.2, 0) is 4.79 Å². The molecule has 1 atom stereocenters. The van der Waals surface area contributed by atoms with Gasteiger partial charge in [0.05, 0.1) is 6.21 Å². The van der Waals surface area contributed by atoms with E-state index in [0.29, 0.717) is 11.3 Å². The van der Waals surface area contributed by atoms with Crippen LogP contribution >= 0.6 is 22.6 Å². The minimum atomic E-state index is -1.03. The normalized spacial score (nSPS) is 11.9. The molecule has 0 fully saturated rings. The number of carboxylic acids is 1. The van der Waals surface area contributed by atoms with Gasteiger partial charge in [0.2, 0.25) is 0 Å². The number of carbonyl (C=O) groups excluding carboxylic acids is 1. The lowest BCUT2D eigenvalue weighted by Crippen LogP contribution is -2.22. The van der Waals surface area contributed by atoms with Gasteiger partial charge in [0.1, 0.15) is 5.75 Å². The molecular weight excluding hydrogens is 423 g/mol. The number of hydrazone groups is 1. The van der Waals surface area contributed by atoms with Crippen molar-refractivity contribution in [2.24, 2.45) is 5.10 Å². The van der Waals surface area contributed by atoms with Crippen LogP contribution in [0.4, 0.5) is 0 Å². The fraction of sp³-hybridized carbons (Fsp3) is 0.118. The van der Waals surface area contributed by atoms with Crippen LogP contribution in [0.15, 0.2) is 53.6 Å². The van der Waals surface area contributed by atoms with Crippen LogP contribution < -0.4 is 10.2 Å². The number of rotatable bonds is 6. The molecule has 0 saturated carbocycles. The molecule has 2 aromatic carbocycles. The highest BCUT2D eigenvalue weighted by atomic mass is 127. The lowest BCUT2D eigenvalue weighted by molar-refractivity contribution is -0.144. The van der Waals surface area contributed by atoms with Gasteiger partial charge in [0, 0.05) is 9.13 Å². The molecule has 0 bridgehead atoms. The summed E-state index contributed by atoms with van der Waals surface area (Å²) in [4.78, 5) is 22.6. The van der Waals surface area contributed by atoms with Gasteiger partial charge in [-0.05, 0) is 77.5 Å². The number of hydrogen-bond donors (Lipinski definition) is 2. The predicted molar refractivity (Wildman–Crippen MR) is 98.4 cm³/mol. The maximum Gasteiger partial charge on any atom is 0.344 e. The molecule has 0 spiro atoms. The lowest BCUT2D eigenvalue weighted by Gasteiger charge is -2.09. The summed E-state index contributed by atoms with van der Waals surface area (Å²) in [5, 5.41) is 12.7. The Kier molecular flexibility index (Phi) is 6.30. The number of halogens is 1. The minimum absolute atomic E-state index is 0.292. The van der Waals surface area contributed by atoms with Crippen molar-refractivity contribution in [3.63, 3.8) is 0 Å². The Morgan fingerprint density at radius 1 is 1.25 bits per heavy atom. The van der Waals surface area contributed by atoms with Gasteiger partial charge in [0.25, 0.3) is 5.91 Å². The topological polar surface area (TPSA) is 88.0 Å². The first-order chi connectivity index (χ1) is 11.5. The Labute approximate surface area is 152 Å². The molecule has 7 heteroatoms. The number of hydrogen-bond acceptors (Lipinski definition) is 4.